The molecule has 6 rings (SSSR count). The molecule has 9 heteroatoms. The number of para-hydroxylation sites is 1. The maximum Gasteiger partial charge on any atom is 0.322 e. The second kappa shape index (κ2) is 8.97. The summed E-state index contributed by atoms with van der Waals surface area (Å²) in [5, 5.41) is 10.9. The van der Waals surface area contributed by atoms with E-state index in [-0.39, 0.29) is 18.0 Å². The molecule has 0 aliphatic carbocycles. The van der Waals surface area contributed by atoms with Gasteiger partial charge in [-0.05, 0) is 69.4 Å². The number of hydrogen-bond acceptors (Lipinski definition) is 4. The number of aromatic nitrogens is 4. The number of rotatable bonds is 5. The molecule has 4 aromatic rings. The normalized spacial score (nSPS) is 15.9. The molecule has 0 bridgehead atoms. The predicted molar refractivity (Wildman–Crippen MR) is 153 cm³/mol. The van der Waals surface area contributed by atoms with Gasteiger partial charge in [0.25, 0.3) is 0 Å². The molecule has 0 saturated carbocycles. The van der Waals surface area contributed by atoms with Crippen molar-refractivity contribution in [3.8, 4) is 11.5 Å². The van der Waals surface area contributed by atoms with Crippen molar-refractivity contribution in [2.24, 2.45) is 0 Å². The molecular weight excluding hydrogens is 490 g/mol. The fourth-order valence-electron chi connectivity index (χ4n) is 5.96. The fraction of sp³-hybridized carbons (Fsp3) is 0.400. The number of nitrogens with zero attached hydrogens (tertiary/aromatic N) is 4. The average Bonchev–Trinajstić information content (AvgIpc) is 3.64. The Balaban J connectivity index is 1.29. The zero-order chi connectivity index (χ0) is 27.6. The van der Waals surface area contributed by atoms with Crippen molar-refractivity contribution in [2.75, 3.05) is 10.2 Å². The molecule has 0 spiro atoms. The van der Waals surface area contributed by atoms with Gasteiger partial charge in [-0.15, -0.1) is 0 Å². The highest BCUT2D eigenvalue weighted by atomic mass is 16.2. The second-order valence-electron chi connectivity index (χ2n) is 11.3. The summed E-state index contributed by atoms with van der Waals surface area (Å²) in [5.41, 5.74) is 8.76. The van der Waals surface area contributed by atoms with Crippen molar-refractivity contribution in [3.05, 3.63) is 58.3 Å². The molecule has 3 N–H and O–H groups in total. The largest absolute Gasteiger partial charge is 0.337 e. The van der Waals surface area contributed by atoms with E-state index in [9.17, 15) is 9.59 Å². The first-order valence-electron chi connectivity index (χ1n) is 13.7. The summed E-state index contributed by atoms with van der Waals surface area (Å²) in [4.78, 5) is 38.4. The molecule has 0 unspecified atom stereocenters. The highest BCUT2D eigenvalue weighted by Crippen LogP contribution is 2.44. The first kappa shape index (κ1) is 25.2. The lowest BCUT2D eigenvalue weighted by atomic mass is 9.86. The Kier molecular flexibility index (Phi) is 5.78. The molecule has 0 atom stereocenters. The lowest BCUT2D eigenvalue weighted by Gasteiger charge is -2.24. The van der Waals surface area contributed by atoms with Gasteiger partial charge in [-0.3, -0.25) is 9.89 Å². The van der Waals surface area contributed by atoms with Gasteiger partial charge >= 0.3 is 6.03 Å². The first-order valence-corrected chi connectivity index (χ1v) is 13.7. The van der Waals surface area contributed by atoms with Crippen LogP contribution in [0.15, 0.2) is 30.3 Å². The van der Waals surface area contributed by atoms with Crippen molar-refractivity contribution in [1.29, 1.82) is 0 Å². The molecule has 0 fully saturated rings. The quantitative estimate of drug-likeness (QED) is 0.312. The zero-order valence-electron chi connectivity index (χ0n) is 23.4. The summed E-state index contributed by atoms with van der Waals surface area (Å²) in [7, 11) is 0. The van der Waals surface area contributed by atoms with E-state index in [1.807, 2.05) is 50.8 Å². The number of anilines is 2. The molecule has 39 heavy (non-hydrogen) atoms. The summed E-state index contributed by atoms with van der Waals surface area (Å²) in [6, 6.07) is 10.2. The molecule has 2 aromatic carbocycles. The molecule has 0 saturated heterocycles. The third-order valence-corrected chi connectivity index (χ3v) is 8.20. The molecule has 2 aliphatic heterocycles. The van der Waals surface area contributed by atoms with Gasteiger partial charge in [0, 0.05) is 17.3 Å². The van der Waals surface area contributed by atoms with Crippen molar-refractivity contribution < 1.29 is 9.59 Å². The van der Waals surface area contributed by atoms with Crippen LogP contribution in [0.1, 0.15) is 69.5 Å². The number of aryl methyl sites for hydroxylation is 2. The van der Waals surface area contributed by atoms with E-state index < -0.39 is 5.41 Å². The molecule has 2 aromatic heterocycles. The molecule has 9 nitrogen and oxygen atoms in total. The number of H-pyrrole nitrogens is 2. The van der Waals surface area contributed by atoms with Crippen molar-refractivity contribution in [3.63, 3.8) is 0 Å². The zero-order valence-corrected chi connectivity index (χ0v) is 23.4. The number of urea groups is 1. The maximum absolute atomic E-state index is 13.3. The molecule has 3 amide bonds. The lowest BCUT2D eigenvalue weighted by Crippen LogP contribution is -2.40. The van der Waals surface area contributed by atoms with Crippen LogP contribution in [0.5, 0.6) is 0 Å². The highest BCUT2D eigenvalue weighted by Gasteiger charge is 2.45. The molecule has 2 aliphatic rings. The van der Waals surface area contributed by atoms with E-state index in [2.05, 4.69) is 46.5 Å². The molecule has 0 radical (unpaired) electrons. The standard InChI is InChI=1S/C30H35N7O2/c1-7-17-10-9-11-18(8-2)25(17)33-29(39)36-14-19-23(15-36)34-35-26(19)27-31-21-12-20-24(13-22(21)32-27)37(16(3)4)28(38)30(20,5)6/h9-13,16H,7-8,14-15H2,1-6H3,(H,31,32)(H,33,39)(H,34,35). The number of fused-ring (bicyclic) bond motifs is 3. The molecule has 202 valence electrons. The summed E-state index contributed by atoms with van der Waals surface area (Å²) in [5.74, 6) is 0.759. The van der Waals surface area contributed by atoms with Gasteiger partial charge < -0.3 is 20.1 Å². The minimum Gasteiger partial charge on any atom is -0.337 e. The van der Waals surface area contributed by atoms with Gasteiger partial charge in [-0.25, -0.2) is 9.78 Å². The number of carbonyl (C=O) groups is 2. The van der Waals surface area contributed by atoms with E-state index in [1.165, 1.54) is 0 Å². The Morgan fingerprint density at radius 1 is 1.13 bits per heavy atom. The SMILES string of the molecule is CCc1cccc(CC)c1NC(=O)N1Cc2[nH]nc(-c3nc4cc5c(cc4[nH]3)C(C)(C)C(=O)N5C(C)C)c2C1. The predicted octanol–water partition coefficient (Wildman–Crippen LogP) is 5.66. The van der Waals surface area contributed by atoms with Crippen LogP contribution in [0, 0.1) is 0 Å². The fourth-order valence-corrected chi connectivity index (χ4v) is 5.96. The van der Waals surface area contributed by atoms with Crippen LogP contribution in [-0.4, -0.2) is 43.0 Å². The number of hydrogen-bond donors (Lipinski definition) is 3. The number of benzene rings is 2. The first-order chi connectivity index (χ1) is 18.6. The Morgan fingerprint density at radius 3 is 2.51 bits per heavy atom. The second-order valence-corrected chi connectivity index (χ2v) is 11.3. The number of aromatic amines is 2. The average molecular weight is 526 g/mol. The van der Waals surface area contributed by atoms with E-state index in [4.69, 9.17) is 4.98 Å². The Bertz CT molecular complexity index is 1610. The van der Waals surface area contributed by atoms with E-state index >= 15 is 0 Å². The number of carbonyl (C=O) groups excluding carboxylic acids is 2. The van der Waals surface area contributed by atoms with Crippen molar-refractivity contribution in [1.82, 2.24) is 25.1 Å². The number of amides is 3. The summed E-state index contributed by atoms with van der Waals surface area (Å²) >= 11 is 0. The van der Waals surface area contributed by atoms with Gasteiger partial charge in [0.15, 0.2) is 5.82 Å². The van der Waals surface area contributed by atoms with Gasteiger partial charge in [0.2, 0.25) is 5.91 Å². The minimum absolute atomic E-state index is 0.0540. The summed E-state index contributed by atoms with van der Waals surface area (Å²) in [6.07, 6.45) is 1.71. The maximum atomic E-state index is 13.3. The van der Waals surface area contributed by atoms with Crippen LogP contribution in [0.25, 0.3) is 22.6 Å². The Labute approximate surface area is 228 Å². The molecule has 4 heterocycles. The Morgan fingerprint density at radius 2 is 1.85 bits per heavy atom. The van der Waals surface area contributed by atoms with Gasteiger partial charge in [-0.1, -0.05) is 32.0 Å². The third kappa shape index (κ3) is 3.82. The van der Waals surface area contributed by atoms with E-state index in [0.29, 0.717) is 18.9 Å². The van der Waals surface area contributed by atoms with Gasteiger partial charge in [0.05, 0.1) is 40.9 Å². The van der Waals surface area contributed by atoms with Crippen molar-refractivity contribution >= 4 is 34.3 Å². The Hall–Kier alpha value is -4.14. The van der Waals surface area contributed by atoms with Crippen LogP contribution >= 0.6 is 0 Å². The van der Waals surface area contributed by atoms with Crippen LogP contribution in [-0.2, 0) is 36.1 Å². The number of imidazole rings is 1. The topological polar surface area (TPSA) is 110 Å². The smallest absolute Gasteiger partial charge is 0.322 e. The van der Waals surface area contributed by atoms with Crippen LogP contribution < -0.4 is 10.2 Å². The number of nitrogens with one attached hydrogen (secondary N) is 3. The van der Waals surface area contributed by atoms with E-state index in [1.54, 1.807) is 4.90 Å². The lowest BCUT2D eigenvalue weighted by molar-refractivity contribution is -0.122. The summed E-state index contributed by atoms with van der Waals surface area (Å²) < 4.78 is 0. The van der Waals surface area contributed by atoms with Crippen LogP contribution in [0.2, 0.25) is 0 Å². The monoisotopic (exact) mass is 525 g/mol. The minimum atomic E-state index is -0.603. The van der Waals surface area contributed by atoms with Crippen LogP contribution in [0.3, 0.4) is 0 Å². The van der Waals surface area contributed by atoms with E-state index in [0.717, 1.165) is 68.9 Å². The third-order valence-electron chi connectivity index (χ3n) is 8.20. The van der Waals surface area contributed by atoms with Gasteiger partial charge in [-0.2, -0.15) is 5.10 Å². The van der Waals surface area contributed by atoms with Gasteiger partial charge in [0.1, 0.15) is 5.69 Å². The molecular formula is C30H35N7O2. The summed E-state index contributed by atoms with van der Waals surface area (Å²) in [6.45, 7) is 13.1. The van der Waals surface area contributed by atoms with Crippen molar-refractivity contribution in [2.45, 2.75) is 78.9 Å². The highest BCUT2D eigenvalue weighted by molar-refractivity contribution is 6.10. The van der Waals surface area contributed by atoms with Crippen LogP contribution in [0.4, 0.5) is 16.2 Å².